The number of hydrogen-bond acceptors (Lipinski definition) is 0. The second-order valence-electron chi connectivity index (χ2n) is 0.214. The second-order valence-corrected chi connectivity index (χ2v) is 7.95. The first-order chi connectivity index (χ1) is 1.73. The van der Waals surface area contributed by atoms with Gasteiger partial charge >= 0.3 is 61.5 Å². The third-order valence-electron chi connectivity index (χ3n) is 0. The maximum absolute atomic E-state index is 4.97. The van der Waals surface area contributed by atoms with E-state index >= 15 is 0 Å². The average Bonchev–Trinajstić information content (AvgIpc) is 0.811. The molecule has 0 unspecified atom stereocenters. The van der Waals surface area contributed by atoms with Crippen molar-refractivity contribution in [1.29, 1.82) is 0 Å². The van der Waals surface area contributed by atoms with Crippen molar-refractivity contribution >= 4 is 64.1 Å². The Morgan fingerprint density at radius 2 is 1.17 bits per heavy atom. The van der Waals surface area contributed by atoms with E-state index < -0.39 is 14.7 Å². The van der Waals surface area contributed by atoms with Gasteiger partial charge in [-0.3, -0.25) is 0 Å². The normalized spacial score (nSPS) is 4.50. The summed E-state index contributed by atoms with van der Waals surface area (Å²) in [5.74, 6) is 0. The minimum atomic E-state index is -1.92. The van der Waals surface area contributed by atoms with Gasteiger partial charge in [0, 0.05) is 0 Å². The number of hydrogen-bond donors (Lipinski definition) is 0. The van der Waals surface area contributed by atoms with E-state index in [2.05, 4.69) is 0 Å². The van der Waals surface area contributed by atoms with E-state index in [0.29, 0.717) is 0 Å². The molecule has 6 heavy (non-hydrogen) atoms. The zero-order chi connectivity index (χ0) is 3.58. The van der Waals surface area contributed by atoms with Crippen LogP contribution in [-0.2, 0) is 14.7 Å². The van der Waals surface area contributed by atoms with E-state index in [-0.39, 0.29) is 37.6 Å². The first kappa shape index (κ1) is 15.9. The Bertz CT molecular complexity index is 19.7. The molecule has 35 valence electrons. The van der Waals surface area contributed by atoms with Gasteiger partial charge in [-0.1, -0.05) is 0 Å². The molecule has 0 amide bonds. The van der Waals surface area contributed by atoms with E-state index in [9.17, 15) is 0 Å². The molecule has 0 aromatic carbocycles. The molecule has 0 heterocycles. The molecule has 0 saturated heterocycles. The number of rotatable bonds is 0. The Morgan fingerprint density at radius 1 is 1.17 bits per heavy atom. The molecular formula is H5AlCl3LiTi-. The first-order valence-electron chi connectivity index (χ1n) is 0.567. The monoisotopic (exact) mass is 192 g/mol. The Hall–Kier alpha value is 2.71. The summed E-state index contributed by atoms with van der Waals surface area (Å²) < 4.78 is 0. The number of halogens is 3. The molecule has 6 heteroatoms. The molecule has 0 aromatic rings. The standard InChI is InChI=1S/Al.3ClH.Li.Ti.5H/h;3*1H;;;;;;;/q;;;;;+3;;;;;-1/p-3. The SMILES string of the molecule is [AlH3].[Cl][Ti]([Cl])[Cl].[H-].[LiH]. The fourth-order valence-electron chi connectivity index (χ4n) is 0. The van der Waals surface area contributed by atoms with Crippen LogP contribution in [-0.4, -0.2) is 36.2 Å². The second kappa shape index (κ2) is 10.7. The van der Waals surface area contributed by atoms with Crippen molar-refractivity contribution < 1.29 is 16.1 Å². The zero-order valence-electron chi connectivity index (χ0n) is 2.63. The first-order valence-corrected chi connectivity index (χ1v) is 7.01. The third kappa shape index (κ3) is 29.8. The summed E-state index contributed by atoms with van der Waals surface area (Å²) in [6.07, 6.45) is 0. The predicted octanol–water partition coefficient (Wildman–Crippen LogP) is 0.346. The topological polar surface area (TPSA) is 0 Å². The Balaban J connectivity index is -0.0000000150. The van der Waals surface area contributed by atoms with E-state index in [1.54, 1.807) is 0 Å². The van der Waals surface area contributed by atoms with Crippen molar-refractivity contribution in [3.8, 4) is 0 Å². The molecule has 0 rings (SSSR count). The van der Waals surface area contributed by atoms with Crippen LogP contribution in [0, 0.1) is 0 Å². The van der Waals surface area contributed by atoms with Crippen molar-refractivity contribution in [2.45, 2.75) is 0 Å². The van der Waals surface area contributed by atoms with E-state index in [4.69, 9.17) is 27.9 Å². The quantitative estimate of drug-likeness (QED) is 0.487. The van der Waals surface area contributed by atoms with Crippen LogP contribution in [0.1, 0.15) is 1.43 Å². The van der Waals surface area contributed by atoms with E-state index in [0.717, 1.165) is 0 Å². The van der Waals surface area contributed by atoms with Crippen LogP contribution >= 0.6 is 27.9 Å². The van der Waals surface area contributed by atoms with Crippen molar-refractivity contribution in [2.24, 2.45) is 0 Å². The predicted molar refractivity (Wildman–Crippen MR) is 35.8 cm³/mol. The van der Waals surface area contributed by atoms with Gasteiger partial charge in [-0.2, -0.15) is 0 Å². The van der Waals surface area contributed by atoms with Crippen LogP contribution in [0.15, 0.2) is 0 Å². The van der Waals surface area contributed by atoms with E-state index in [1.165, 1.54) is 0 Å². The Labute approximate surface area is 79.2 Å². The molecule has 0 aliphatic heterocycles. The van der Waals surface area contributed by atoms with Crippen molar-refractivity contribution in [3.63, 3.8) is 0 Å². The van der Waals surface area contributed by atoms with Gasteiger partial charge in [-0.15, -0.1) is 0 Å². The van der Waals surface area contributed by atoms with Crippen molar-refractivity contribution in [2.75, 3.05) is 0 Å². The van der Waals surface area contributed by atoms with Gasteiger partial charge in [0.05, 0.1) is 0 Å². The minimum absolute atomic E-state index is 0. The summed E-state index contributed by atoms with van der Waals surface area (Å²) in [7, 11) is 14.9. The van der Waals surface area contributed by atoms with Crippen LogP contribution in [0.4, 0.5) is 0 Å². The van der Waals surface area contributed by atoms with Crippen LogP contribution < -0.4 is 0 Å². The fourth-order valence-corrected chi connectivity index (χ4v) is 0. The van der Waals surface area contributed by atoms with Gasteiger partial charge in [0.2, 0.25) is 0 Å². The molecule has 0 nitrogen and oxygen atoms in total. The summed E-state index contributed by atoms with van der Waals surface area (Å²) in [6, 6.07) is 0. The average molecular weight is 193 g/mol. The van der Waals surface area contributed by atoms with Gasteiger partial charge in [0.1, 0.15) is 0 Å². The van der Waals surface area contributed by atoms with E-state index in [1.807, 2.05) is 0 Å². The third-order valence-corrected chi connectivity index (χ3v) is 0. The Kier molecular flexibility index (Phi) is 28.2. The molecule has 0 N–H and O–H groups in total. The van der Waals surface area contributed by atoms with Gasteiger partial charge in [-0.25, -0.2) is 0 Å². The zero-order valence-corrected chi connectivity index (χ0v) is 5.46. The molecular weight excluding hydrogens is 188 g/mol. The summed E-state index contributed by atoms with van der Waals surface area (Å²) in [6.45, 7) is 0. The van der Waals surface area contributed by atoms with Crippen molar-refractivity contribution in [1.82, 2.24) is 0 Å². The van der Waals surface area contributed by atoms with Gasteiger partial charge < -0.3 is 1.43 Å². The molecule has 0 saturated carbocycles. The fraction of sp³-hybridized carbons (Fsp3) is 0. The van der Waals surface area contributed by atoms with Crippen LogP contribution in [0.5, 0.6) is 0 Å². The molecule has 0 radical (unpaired) electrons. The van der Waals surface area contributed by atoms with Gasteiger partial charge in [-0.05, 0) is 0 Å². The summed E-state index contributed by atoms with van der Waals surface area (Å²) >= 11 is -1.92. The molecule has 0 aliphatic rings. The molecule has 0 spiro atoms. The molecule has 0 fully saturated rings. The summed E-state index contributed by atoms with van der Waals surface area (Å²) in [5, 5.41) is 0. The summed E-state index contributed by atoms with van der Waals surface area (Å²) in [4.78, 5) is 0. The molecule has 0 aromatic heterocycles. The molecule has 0 atom stereocenters. The Morgan fingerprint density at radius 3 is 1.17 bits per heavy atom. The van der Waals surface area contributed by atoms with Gasteiger partial charge in [0.25, 0.3) is 0 Å². The van der Waals surface area contributed by atoms with Crippen LogP contribution in [0.2, 0.25) is 0 Å². The van der Waals surface area contributed by atoms with Crippen LogP contribution in [0.3, 0.4) is 0 Å². The summed E-state index contributed by atoms with van der Waals surface area (Å²) in [5.41, 5.74) is 0. The maximum atomic E-state index is 4.97. The molecule has 0 bridgehead atoms. The van der Waals surface area contributed by atoms with Crippen molar-refractivity contribution in [3.05, 3.63) is 0 Å². The van der Waals surface area contributed by atoms with Crippen LogP contribution in [0.25, 0.3) is 0 Å². The molecule has 0 aliphatic carbocycles. The van der Waals surface area contributed by atoms with Gasteiger partial charge in [0.15, 0.2) is 17.4 Å².